The SMILES string of the molecule is COc1ccc(Br)cc1C=NNC(=O)CSc1ncccn1. The minimum Gasteiger partial charge on any atom is -0.496 e. The fraction of sp³-hybridized carbons (Fsp3) is 0.143. The molecule has 22 heavy (non-hydrogen) atoms. The summed E-state index contributed by atoms with van der Waals surface area (Å²) in [5.41, 5.74) is 3.22. The molecule has 1 aromatic heterocycles. The summed E-state index contributed by atoms with van der Waals surface area (Å²) in [5.74, 6) is 0.632. The Morgan fingerprint density at radius 1 is 1.45 bits per heavy atom. The van der Waals surface area contributed by atoms with Gasteiger partial charge in [0, 0.05) is 22.4 Å². The Hall–Kier alpha value is -1.93. The van der Waals surface area contributed by atoms with Crippen LogP contribution in [0.1, 0.15) is 5.56 Å². The molecule has 0 saturated carbocycles. The van der Waals surface area contributed by atoms with E-state index in [-0.39, 0.29) is 11.7 Å². The predicted octanol–water partition coefficient (Wildman–Crippen LogP) is 2.49. The van der Waals surface area contributed by atoms with E-state index in [9.17, 15) is 4.79 Å². The molecule has 0 atom stereocenters. The van der Waals surface area contributed by atoms with E-state index in [1.165, 1.54) is 18.0 Å². The lowest BCUT2D eigenvalue weighted by molar-refractivity contribution is -0.118. The molecule has 1 amide bonds. The molecule has 114 valence electrons. The molecule has 0 fully saturated rings. The van der Waals surface area contributed by atoms with E-state index >= 15 is 0 Å². The molecule has 0 bridgehead atoms. The third-order valence-electron chi connectivity index (χ3n) is 2.46. The van der Waals surface area contributed by atoms with Crippen molar-refractivity contribution in [3.05, 3.63) is 46.7 Å². The maximum atomic E-state index is 11.7. The fourth-order valence-electron chi connectivity index (χ4n) is 1.50. The highest BCUT2D eigenvalue weighted by molar-refractivity contribution is 9.10. The third kappa shape index (κ3) is 5.12. The molecule has 0 aliphatic carbocycles. The van der Waals surface area contributed by atoms with Crippen LogP contribution >= 0.6 is 27.7 Å². The summed E-state index contributed by atoms with van der Waals surface area (Å²) in [6, 6.07) is 7.25. The standard InChI is InChI=1S/C14H13BrN4O2S/c1-21-12-4-3-11(15)7-10(12)8-18-19-13(20)9-22-14-16-5-2-6-17-14/h2-8H,9H2,1H3,(H,19,20). The first-order chi connectivity index (χ1) is 10.7. The maximum absolute atomic E-state index is 11.7. The molecule has 0 aliphatic rings. The highest BCUT2D eigenvalue weighted by Crippen LogP contribution is 2.21. The van der Waals surface area contributed by atoms with E-state index in [1.807, 2.05) is 18.2 Å². The number of nitrogens with zero attached hydrogens (tertiary/aromatic N) is 3. The number of amides is 1. The van der Waals surface area contributed by atoms with Crippen LogP contribution in [-0.4, -0.2) is 35.0 Å². The first kappa shape index (κ1) is 16.4. The number of hydrogen-bond acceptors (Lipinski definition) is 6. The first-order valence-corrected chi connectivity index (χ1v) is 8.02. The number of rotatable bonds is 6. The number of aromatic nitrogens is 2. The molecule has 1 N–H and O–H groups in total. The molecule has 1 heterocycles. The summed E-state index contributed by atoms with van der Waals surface area (Å²) in [7, 11) is 1.58. The van der Waals surface area contributed by atoms with Gasteiger partial charge < -0.3 is 4.74 Å². The van der Waals surface area contributed by atoms with Crippen LogP contribution in [-0.2, 0) is 4.79 Å². The van der Waals surface area contributed by atoms with Gasteiger partial charge in [0.15, 0.2) is 5.16 Å². The smallest absolute Gasteiger partial charge is 0.250 e. The number of nitrogens with one attached hydrogen (secondary N) is 1. The van der Waals surface area contributed by atoms with Crippen LogP contribution in [0.5, 0.6) is 5.75 Å². The summed E-state index contributed by atoms with van der Waals surface area (Å²) >= 11 is 4.62. The lowest BCUT2D eigenvalue weighted by Crippen LogP contribution is -2.19. The normalized spacial score (nSPS) is 10.6. The van der Waals surface area contributed by atoms with Gasteiger partial charge in [0.1, 0.15) is 5.75 Å². The van der Waals surface area contributed by atoms with Gasteiger partial charge in [0.25, 0.3) is 5.91 Å². The Morgan fingerprint density at radius 2 is 2.23 bits per heavy atom. The molecule has 0 unspecified atom stereocenters. The number of halogens is 1. The second kappa shape index (κ2) is 8.50. The number of hydrogen-bond donors (Lipinski definition) is 1. The monoisotopic (exact) mass is 380 g/mol. The number of carbonyl (C=O) groups is 1. The number of thioether (sulfide) groups is 1. The average molecular weight is 381 g/mol. The van der Waals surface area contributed by atoms with Crippen molar-refractivity contribution in [2.45, 2.75) is 5.16 Å². The van der Waals surface area contributed by atoms with Crippen LogP contribution in [0, 0.1) is 0 Å². The van der Waals surface area contributed by atoms with Crippen LogP contribution in [0.25, 0.3) is 0 Å². The van der Waals surface area contributed by atoms with Crippen LogP contribution in [0.2, 0.25) is 0 Å². The van der Waals surface area contributed by atoms with E-state index < -0.39 is 0 Å². The second-order valence-electron chi connectivity index (χ2n) is 4.00. The molecule has 0 saturated heterocycles. The summed E-state index contributed by atoms with van der Waals surface area (Å²) in [5, 5.41) is 4.48. The number of hydrazone groups is 1. The van der Waals surface area contributed by atoms with E-state index in [1.54, 1.807) is 25.6 Å². The fourth-order valence-corrected chi connectivity index (χ4v) is 2.48. The van der Waals surface area contributed by atoms with Gasteiger partial charge >= 0.3 is 0 Å². The lowest BCUT2D eigenvalue weighted by Gasteiger charge is -2.04. The van der Waals surface area contributed by atoms with Gasteiger partial charge in [-0.25, -0.2) is 15.4 Å². The van der Waals surface area contributed by atoms with Gasteiger partial charge in [-0.1, -0.05) is 27.7 Å². The number of methoxy groups -OCH3 is 1. The van der Waals surface area contributed by atoms with Gasteiger partial charge in [-0.05, 0) is 24.3 Å². The Balaban J connectivity index is 1.87. The third-order valence-corrected chi connectivity index (χ3v) is 3.83. The molecule has 8 heteroatoms. The van der Waals surface area contributed by atoms with Crippen molar-refractivity contribution in [3.63, 3.8) is 0 Å². The Morgan fingerprint density at radius 3 is 2.95 bits per heavy atom. The summed E-state index contributed by atoms with van der Waals surface area (Å²) in [6.07, 6.45) is 4.79. The molecular formula is C14H13BrN4O2S. The molecule has 0 aliphatic heterocycles. The number of ether oxygens (including phenoxy) is 1. The van der Waals surface area contributed by atoms with Crippen molar-refractivity contribution in [2.75, 3.05) is 12.9 Å². The van der Waals surface area contributed by atoms with E-state index in [0.717, 1.165) is 10.0 Å². The van der Waals surface area contributed by atoms with Gasteiger partial charge in [-0.15, -0.1) is 0 Å². The van der Waals surface area contributed by atoms with Gasteiger partial charge in [-0.3, -0.25) is 4.79 Å². The predicted molar refractivity (Wildman–Crippen MR) is 89.2 cm³/mol. The van der Waals surface area contributed by atoms with Crippen molar-refractivity contribution in [2.24, 2.45) is 5.10 Å². The van der Waals surface area contributed by atoms with Gasteiger partial charge in [0.2, 0.25) is 0 Å². The molecule has 6 nitrogen and oxygen atoms in total. The Kier molecular flexibility index (Phi) is 6.35. The quantitative estimate of drug-likeness (QED) is 0.360. The maximum Gasteiger partial charge on any atom is 0.250 e. The first-order valence-electron chi connectivity index (χ1n) is 6.24. The largest absolute Gasteiger partial charge is 0.496 e. The van der Waals surface area contributed by atoms with Crippen molar-refractivity contribution in [1.82, 2.24) is 15.4 Å². The van der Waals surface area contributed by atoms with E-state index in [2.05, 4.69) is 36.4 Å². The highest BCUT2D eigenvalue weighted by Gasteiger charge is 2.04. The average Bonchev–Trinajstić information content (AvgIpc) is 2.54. The molecule has 1 aromatic carbocycles. The molecule has 0 spiro atoms. The van der Waals surface area contributed by atoms with E-state index in [0.29, 0.717) is 10.9 Å². The van der Waals surface area contributed by atoms with Gasteiger partial charge in [-0.2, -0.15) is 5.10 Å². The van der Waals surface area contributed by atoms with Crippen LogP contribution in [0.4, 0.5) is 0 Å². The van der Waals surface area contributed by atoms with Crippen molar-refractivity contribution in [3.8, 4) is 5.75 Å². The van der Waals surface area contributed by atoms with E-state index in [4.69, 9.17) is 4.74 Å². The van der Waals surface area contributed by atoms with Crippen molar-refractivity contribution < 1.29 is 9.53 Å². The topological polar surface area (TPSA) is 76.5 Å². The van der Waals surface area contributed by atoms with Crippen molar-refractivity contribution >= 4 is 39.8 Å². The van der Waals surface area contributed by atoms with Crippen LogP contribution < -0.4 is 10.2 Å². The minimum absolute atomic E-state index is 0.191. The zero-order chi connectivity index (χ0) is 15.8. The summed E-state index contributed by atoms with van der Waals surface area (Å²) in [6.45, 7) is 0. The minimum atomic E-state index is -0.234. The summed E-state index contributed by atoms with van der Waals surface area (Å²) < 4.78 is 6.12. The molecular weight excluding hydrogens is 368 g/mol. The Labute approximate surface area is 140 Å². The number of carbonyl (C=O) groups excluding carboxylic acids is 1. The zero-order valence-electron chi connectivity index (χ0n) is 11.7. The highest BCUT2D eigenvalue weighted by atomic mass is 79.9. The van der Waals surface area contributed by atoms with Crippen molar-refractivity contribution in [1.29, 1.82) is 0 Å². The molecule has 2 aromatic rings. The van der Waals surface area contributed by atoms with Crippen LogP contribution in [0.15, 0.2) is 51.4 Å². The zero-order valence-corrected chi connectivity index (χ0v) is 14.1. The molecule has 2 rings (SSSR count). The Bertz CT molecular complexity index is 667. The number of benzene rings is 1. The van der Waals surface area contributed by atoms with Crippen LogP contribution in [0.3, 0.4) is 0 Å². The summed E-state index contributed by atoms with van der Waals surface area (Å²) in [4.78, 5) is 19.7. The lowest BCUT2D eigenvalue weighted by atomic mass is 10.2. The second-order valence-corrected chi connectivity index (χ2v) is 5.86. The molecule has 0 radical (unpaired) electrons. The van der Waals surface area contributed by atoms with Gasteiger partial charge in [0.05, 0.1) is 19.1 Å².